The summed E-state index contributed by atoms with van der Waals surface area (Å²) in [6, 6.07) is 0. The highest BCUT2D eigenvalue weighted by Gasteiger charge is 2.30. The van der Waals surface area contributed by atoms with E-state index in [1.165, 1.54) is 0 Å². The summed E-state index contributed by atoms with van der Waals surface area (Å²) in [4.78, 5) is 13.9. The normalized spacial score (nSPS) is 31.4. The molecular formula is C10H16BrNO4. The van der Waals surface area contributed by atoms with Crippen molar-refractivity contribution in [1.82, 2.24) is 4.90 Å². The van der Waals surface area contributed by atoms with E-state index < -0.39 is 6.10 Å². The molecule has 0 aromatic heterocycles. The fraction of sp³-hybridized carbons (Fsp3) is 0.900. The Morgan fingerprint density at radius 2 is 2.19 bits per heavy atom. The van der Waals surface area contributed by atoms with Crippen molar-refractivity contribution >= 4 is 21.8 Å². The van der Waals surface area contributed by atoms with Gasteiger partial charge in [0.25, 0.3) is 5.91 Å². The Balaban J connectivity index is 1.87. The number of rotatable bonds is 2. The van der Waals surface area contributed by atoms with Gasteiger partial charge in [-0.05, 0) is 0 Å². The third kappa shape index (κ3) is 2.94. The number of ether oxygens (including phenoxy) is 3. The van der Waals surface area contributed by atoms with Gasteiger partial charge in [-0.3, -0.25) is 4.79 Å². The third-order valence-corrected chi connectivity index (χ3v) is 3.44. The molecular weight excluding hydrogens is 278 g/mol. The number of carbonyl (C=O) groups excluding carboxylic acids is 1. The summed E-state index contributed by atoms with van der Waals surface area (Å²) in [7, 11) is 0. The molecule has 0 radical (unpaired) electrons. The second-order valence-corrected chi connectivity index (χ2v) is 4.51. The molecule has 2 unspecified atom stereocenters. The highest BCUT2D eigenvalue weighted by atomic mass is 79.9. The molecule has 5 nitrogen and oxygen atoms in total. The molecule has 0 saturated carbocycles. The predicted molar refractivity (Wildman–Crippen MR) is 60.7 cm³/mol. The fourth-order valence-electron chi connectivity index (χ4n) is 1.85. The van der Waals surface area contributed by atoms with Gasteiger partial charge >= 0.3 is 0 Å². The molecule has 0 aliphatic carbocycles. The summed E-state index contributed by atoms with van der Waals surface area (Å²) in [5, 5.41) is 0.749. The first-order valence-corrected chi connectivity index (χ1v) is 6.59. The Labute approximate surface area is 103 Å². The van der Waals surface area contributed by atoms with Crippen LogP contribution in [0.3, 0.4) is 0 Å². The monoisotopic (exact) mass is 293 g/mol. The van der Waals surface area contributed by atoms with Crippen LogP contribution < -0.4 is 0 Å². The van der Waals surface area contributed by atoms with E-state index in [1.807, 2.05) is 0 Å². The molecule has 0 N–H and O–H groups in total. The van der Waals surface area contributed by atoms with Gasteiger partial charge in [-0.1, -0.05) is 15.9 Å². The molecule has 0 aromatic carbocycles. The van der Waals surface area contributed by atoms with Crippen LogP contribution in [0.5, 0.6) is 0 Å². The van der Waals surface area contributed by atoms with Gasteiger partial charge in [-0.15, -0.1) is 0 Å². The van der Waals surface area contributed by atoms with E-state index in [0.717, 1.165) is 5.33 Å². The number of halogens is 1. The number of amides is 1. The van der Waals surface area contributed by atoms with Crippen molar-refractivity contribution in [2.24, 2.45) is 0 Å². The molecule has 2 rings (SSSR count). The van der Waals surface area contributed by atoms with Crippen LogP contribution in [0.25, 0.3) is 0 Å². The van der Waals surface area contributed by atoms with Crippen LogP contribution in [0.15, 0.2) is 0 Å². The van der Waals surface area contributed by atoms with Crippen molar-refractivity contribution in [3.05, 3.63) is 0 Å². The maximum absolute atomic E-state index is 12.1. The zero-order valence-corrected chi connectivity index (χ0v) is 10.6. The van der Waals surface area contributed by atoms with Crippen LogP contribution in [0.1, 0.15) is 0 Å². The van der Waals surface area contributed by atoms with E-state index in [1.54, 1.807) is 4.90 Å². The van der Waals surface area contributed by atoms with E-state index in [0.29, 0.717) is 39.5 Å². The lowest BCUT2D eigenvalue weighted by molar-refractivity contribution is -0.163. The molecule has 2 aliphatic heterocycles. The van der Waals surface area contributed by atoms with Gasteiger partial charge in [0.2, 0.25) is 0 Å². The van der Waals surface area contributed by atoms with E-state index in [2.05, 4.69) is 15.9 Å². The smallest absolute Gasteiger partial charge is 0.254 e. The first-order chi connectivity index (χ1) is 7.81. The molecule has 2 heterocycles. The van der Waals surface area contributed by atoms with Crippen molar-refractivity contribution in [1.29, 1.82) is 0 Å². The first-order valence-electron chi connectivity index (χ1n) is 5.47. The van der Waals surface area contributed by atoms with Crippen LogP contribution in [0, 0.1) is 0 Å². The molecule has 2 saturated heterocycles. The molecule has 2 fully saturated rings. The number of carbonyl (C=O) groups is 1. The zero-order chi connectivity index (χ0) is 11.4. The van der Waals surface area contributed by atoms with Gasteiger partial charge in [0.1, 0.15) is 0 Å². The maximum atomic E-state index is 12.1. The highest BCUT2D eigenvalue weighted by molar-refractivity contribution is 9.09. The Bertz CT molecular complexity index is 245. The summed E-state index contributed by atoms with van der Waals surface area (Å²) >= 11 is 3.36. The minimum Gasteiger partial charge on any atom is -0.376 e. The van der Waals surface area contributed by atoms with E-state index in [-0.39, 0.29) is 12.0 Å². The third-order valence-electron chi connectivity index (χ3n) is 2.71. The Hall–Kier alpha value is -0.170. The van der Waals surface area contributed by atoms with Gasteiger partial charge in [0.15, 0.2) is 6.10 Å². The van der Waals surface area contributed by atoms with Crippen molar-refractivity contribution in [2.75, 3.05) is 44.8 Å². The number of nitrogens with zero attached hydrogens (tertiary/aromatic N) is 1. The van der Waals surface area contributed by atoms with Gasteiger partial charge in [-0.2, -0.15) is 0 Å². The summed E-state index contributed by atoms with van der Waals surface area (Å²) in [6.45, 7) is 3.32. The van der Waals surface area contributed by atoms with E-state index in [9.17, 15) is 4.79 Å². The SMILES string of the molecule is O=C(C1COCCO1)N1CCOC(CBr)C1. The maximum Gasteiger partial charge on any atom is 0.254 e. The predicted octanol–water partition coefficient (Wildman–Crippen LogP) is 0.0241. The lowest BCUT2D eigenvalue weighted by atomic mass is 10.2. The molecule has 92 valence electrons. The minimum absolute atomic E-state index is 0.0222. The standard InChI is InChI=1S/C10H16BrNO4/c11-5-8-6-12(1-2-15-8)10(13)9-7-14-3-4-16-9/h8-9H,1-7H2. The van der Waals surface area contributed by atoms with Gasteiger partial charge in [0.05, 0.1) is 32.5 Å². The Morgan fingerprint density at radius 1 is 1.31 bits per heavy atom. The first kappa shape index (κ1) is 12.3. The van der Waals surface area contributed by atoms with Gasteiger partial charge < -0.3 is 19.1 Å². The Kier molecular flexibility index (Phi) is 4.57. The number of hydrogen-bond acceptors (Lipinski definition) is 4. The van der Waals surface area contributed by atoms with Crippen LogP contribution in [-0.4, -0.2) is 67.9 Å². The van der Waals surface area contributed by atoms with Crippen LogP contribution in [0.2, 0.25) is 0 Å². The van der Waals surface area contributed by atoms with Crippen molar-refractivity contribution < 1.29 is 19.0 Å². The highest BCUT2D eigenvalue weighted by Crippen LogP contribution is 2.11. The van der Waals surface area contributed by atoms with Crippen molar-refractivity contribution in [3.8, 4) is 0 Å². The molecule has 2 atom stereocenters. The number of morpholine rings is 1. The summed E-state index contributed by atoms with van der Waals surface area (Å²) in [6.07, 6.45) is -0.343. The largest absolute Gasteiger partial charge is 0.376 e. The molecule has 1 amide bonds. The zero-order valence-electron chi connectivity index (χ0n) is 9.06. The minimum atomic E-state index is -0.428. The second-order valence-electron chi connectivity index (χ2n) is 3.87. The lowest BCUT2D eigenvalue weighted by Crippen LogP contribution is -2.52. The fourth-order valence-corrected chi connectivity index (χ4v) is 2.24. The van der Waals surface area contributed by atoms with E-state index in [4.69, 9.17) is 14.2 Å². The quantitative estimate of drug-likeness (QED) is 0.674. The van der Waals surface area contributed by atoms with Gasteiger partial charge in [-0.25, -0.2) is 0 Å². The molecule has 0 bridgehead atoms. The number of alkyl halides is 1. The molecule has 2 aliphatic rings. The molecule has 16 heavy (non-hydrogen) atoms. The topological polar surface area (TPSA) is 48.0 Å². The van der Waals surface area contributed by atoms with Gasteiger partial charge in [0, 0.05) is 18.4 Å². The molecule has 6 heteroatoms. The van der Waals surface area contributed by atoms with Crippen LogP contribution in [-0.2, 0) is 19.0 Å². The number of hydrogen-bond donors (Lipinski definition) is 0. The summed E-state index contributed by atoms with van der Waals surface area (Å²) < 4.78 is 16.1. The second kappa shape index (κ2) is 5.95. The summed E-state index contributed by atoms with van der Waals surface area (Å²) in [5.74, 6) is 0.0222. The average molecular weight is 294 g/mol. The average Bonchev–Trinajstić information content (AvgIpc) is 2.39. The molecule has 0 spiro atoms. The van der Waals surface area contributed by atoms with Crippen LogP contribution >= 0.6 is 15.9 Å². The lowest BCUT2D eigenvalue weighted by Gasteiger charge is -2.35. The van der Waals surface area contributed by atoms with Crippen LogP contribution in [0.4, 0.5) is 0 Å². The Morgan fingerprint density at radius 3 is 2.88 bits per heavy atom. The van der Waals surface area contributed by atoms with Crippen molar-refractivity contribution in [3.63, 3.8) is 0 Å². The molecule has 0 aromatic rings. The van der Waals surface area contributed by atoms with Crippen molar-refractivity contribution in [2.45, 2.75) is 12.2 Å². The summed E-state index contributed by atoms with van der Waals surface area (Å²) in [5.41, 5.74) is 0. The van der Waals surface area contributed by atoms with E-state index >= 15 is 0 Å².